The second-order valence-corrected chi connectivity index (χ2v) is 3.54. The Bertz CT molecular complexity index is 454. The van der Waals surface area contributed by atoms with E-state index in [4.69, 9.17) is 5.73 Å². The van der Waals surface area contributed by atoms with E-state index in [1.165, 1.54) is 0 Å². The monoisotopic (exact) mass is 203 g/mol. The van der Waals surface area contributed by atoms with Crippen molar-refractivity contribution in [2.45, 2.75) is 20.4 Å². The second kappa shape index (κ2) is 3.68. The summed E-state index contributed by atoms with van der Waals surface area (Å²) in [6.07, 6.45) is 3.38. The van der Waals surface area contributed by atoms with Gasteiger partial charge in [0.1, 0.15) is 12.4 Å². The van der Waals surface area contributed by atoms with Gasteiger partial charge in [0.05, 0.1) is 11.9 Å². The molecule has 2 N–H and O–H groups in total. The predicted octanol–water partition coefficient (Wildman–Crippen LogP) is 0.920. The maximum atomic E-state index is 5.57. The Kier molecular flexibility index (Phi) is 2.37. The molecule has 5 nitrogen and oxygen atoms in total. The Morgan fingerprint density at radius 3 is 2.47 bits per heavy atom. The zero-order valence-corrected chi connectivity index (χ0v) is 8.81. The van der Waals surface area contributed by atoms with Gasteiger partial charge < -0.3 is 5.73 Å². The van der Waals surface area contributed by atoms with E-state index in [2.05, 4.69) is 15.1 Å². The Hall–Kier alpha value is -1.91. The molecule has 0 aromatic carbocycles. The summed E-state index contributed by atoms with van der Waals surface area (Å²) >= 11 is 0. The Morgan fingerprint density at radius 1 is 1.27 bits per heavy atom. The van der Waals surface area contributed by atoms with Gasteiger partial charge in [-0.2, -0.15) is 5.10 Å². The van der Waals surface area contributed by atoms with Crippen LogP contribution in [0.5, 0.6) is 0 Å². The average molecular weight is 203 g/mol. The SMILES string of the molecule is Cc1cc(C)nc(Cn2cc(N)cn2)n1. The molecule has 0 spiro atoms. The van der Waals surface area contributed by atoms with E-state index < -0.39 is 0 Å². The first-order chi connectivity index (χ1) is 7.13. The highest BCUT2D eigenvalue weighted by Gasteiger charge is 2.01. The third kappa shape index (κ3) is 2.31. The van der Waals surface area contributed by atoms with Crippen molar-refractivity contribution >= 4 is 5.69 Å². The largest absolute Gasteiger partial charge is 0.396 e. The molecule has 0 saturated carbocycles. The quantitative estimate of drug-likeness (QED) is 0.788. The summed E-state index contributed by atoms with van der Waals surface area (Å²) in [6.45, 7) is 4.46. The molecule has 2 rings (SSSR count). The van der Waals surface area contributed by atoms with Crippen LogP contribution in [0.25, 0.3) is 0 Å². The van der Waals surface area contributed by atoms with Crippen LogP contribution in [-0.2, 0) is 6.54 Å². The molecular weight excluding hydrogens is 190 g/mol. The van der Waals surface area contributed by atoms with Crippen LogP contribution in [0, 0.1) is 13.8 Å². The minimum atomic E-state index is 0.555. The van der Waals surface area contributed by atoms with Gasteiger partial charge in [0.15, 0.2) is 0 Å². The summed E-state index contributed by atoms with van der Waals surface area (Å²) in [6, 6.07) is 1.95. The van der Waals surface area contributed by atoms with Gasteiger partial charge in [0, 0.05) is 17.6 Å². The molecule has 78 valence electrons. The molecule has 0 aliphatic rings. The molecule has 5 heteroatoms. The smallest absolute Gasteiger partial charge is 0.150 e. The maximum Gasteiger partial charge on any atom is 0.150 e. The van der Waals surface area contributed by atoms with Crippen LogP contribution in [0.2, 0.25) is 0 Å². The molecule has 2 aromatic heterocycles. The van der Waals surface area contributed by atoms with Crippen molar-refractivity contribution in [1.82, 2.24) is 19.7 Å². The zero-order valence-electron chi connectivity index (χ0n) is 8.81. The van der Waals surface area contributed by atoms with Gasteiger partial charge in [-0.15, -0.1) is 0 Å². The fourth-order valence-electron chi connectivity index (χ4n) is 1.48. The lowest BCUT2D eigenvalue weighted by molar-refractivity contribution is 0.650. The molecule has 2 aromatic rings. The molecule has 0 radical (unpaired) electrons. The summed E-state index contributed by atoms with van der Waals surface area (Å²) in [4.78, 5) is 8.65. The number of nitrogen functional groups attached to an aromatic ring is 1. The third-order valence-electron chi connectivity index (χ3n) is 1.99. The van der Waals surface area contributed by atoms with Crippen LogP contribution in [0.4, 0.5) is 5.69 Å². The van der Waals surface area contributed by atoms with E-state index >= 15 is 0 Å². The molecule has 2 heterocycles. The summed E-state index contributed by atoms with van der Waals surface area (Å²) in [5.74, 6) is 0.760. The van der Waals surface area contributed by atoms with Crippen LogP contribution in [0.15, 0.2) is 18.5 Å². The van der Waals surface area contributed by atoms with Gasteiger partial charge in [-0.05, 0) is 19.9 Å². The molecule has 0 unspecified atom stereocenters. The first-order valence-electron chi connectivity index (χ1n) is 4.72. The van der Waals surface area contributed by atoms with Crippen molar-refractivity contribution in [3.63, 3.8) is 0 Å². The summed E-state index contributed by atoms with van der Waals surface area (Å²) in [7, 11) is 0. The van der Waals surface area contributed by atoms with E-state index in [0.29, 0.717) is 12.2 Å². The van der Waals surface area contributed by atoms with Gasteiger partial charge in [-0.1, -0.05) is 0 Å². The van der Waals surface area contributed by atoms with Gasteiger partial charge in [0.2, 0.25) is 0 Å². The molecule has 0 atom stereocenters. The molecule has 0 aliphatic carbocycles. The van der Waals surface area contributed by atoms with Crippen molar-refractivity contribution < 1.29 is 0 Å². The molecule has 0 saturated heterocycles. The Labute approximate surface area is 88.0 Å². The highest BCUT2D eigenvalue weighted by Crippen LogP contribution is 2.03. The van der Waals surface area contributed by atoms with Crippen LogP contribution in [-0.4, -0.2) is 19.7 Å². The Morgan fingerprint density at radius 2 is 1.93 bits per heavy atom. The maximum absolute atomic E-state index is 5.57. The summed E-state index contributed by atoms with van der Waals surface area (Å²) in [5.41, 5.74) is 8.16. The highest BCUT2D eigenvalue weighted by molar-refractivity contribution is 5.30. The van der Waals surface area contributed by atoms with Crippen molar-refractivity contribution in [3.05, 3.63) is 35.7 Å². The minimum absolute atomic E-state index is 0.555. The van der Waals surface area contributed by atoms with Crippen LogP contribution >= 0.6 is 0 Å². The number of hydrogen-bond donors (Lipinski definition) is 1. The summed E-state index contributed by atoms with van der Waals surface area (Å²) in [5, 5.41) is 4.08. The first kappa shape index (κ1) is 9.64. The normalized spacial score (nSPS) is 10.5. The minimum Gasteiger partial charge on any atom is -0.396 e. The van der Waals surface area contributed by atoms with Crippen molar-refractivity contribution in [3.8, 4) is 0 Å². The average Bonchev–Trinajstić information content (AvgIpc) is 2.49. The number of nitrogens with zero attached hydrogens (tertiary/aromatic N) is 4. The molecule has 0 aliphatic heterocycles. The van der Waals surface area contributed by atoms with Crippen molar-refractivity contribution in [2.75, 3.05) is 5.73 Å². The van der Waals surface area contributed by atoms with E-state index in [0.717, 1.165) is 17.2 Å². The number of aromatic nitrogens is 4. The van der Waals surface area contributed by atoms with Crippen molar-refractivity contribution in [1.29, 1.82) is 0 Å². The third-order valence-corrected chi connectivity index (χ3v) is 1.99. The topological polar surface area (TPSA) is 69.6 Å². The number of anilines is 1. The fourth-order valence-corrected chi connectivity index (χ4v) is 1.48. The lowest BCUT2D eigenvalue weighted by Gasteiger charge is -2.02. The number of hydrogen-bond acceptors (Lipinski definition) is 4. The van der Waals surface area contributed by atoms with E-state index in [-0.39, 0.29) is 0 Å². The van der Waals surface area contributed by atoms with Crippen LogP contribution in [0.3, 0.4) is 0 Å². The number of nitrogens with two attached hydrogens (primary N) is 1. The summed E-state index contributed by atoms with van der Waals surface area (Å²) < 4.78 is 1.73. The van der Waals surface area contributed by atoms with E-state index in [1.54, 1.807) is 17.1 Å². The van der Waals surface area contributed by atoms with Crippen LogP contribution in [0.1, 0.15) is 17.2 Å². The van der Waals surface area contributed by atoms with Crippen LogP contribution < -0.4 is 5.73 Å². The molecule has 0 fully saturated rings. The molecule has 0 bridgehead atoms. The van der Waals surface area contributed by atoms with Gasteiger partial charge in [0.25, 0.3) is 0 Å². The zero-order chi connectivity index (χ0) is 10.8. The molecule has 15 heavy (non-hydrogen) atoms. The van der Waals surface area contributed by atoms with Gasteiger partial charge in [-0.25, -0.2) is 9.97 Å². The van der Waals surface area contributed by atoms with Gasteiger partial charge >= 0.3 is 0 Å². The standard InChI is InChI=1S/C10H13N5/c1-7-3-8(2)14-10(13-7)6-15-5-9(11)4-12-15/h3-5H,6,11H2,1-2H3. The fraction of sp³-hybridized carbons (Fsp3) is 0.300. The predicted molar refractivity (Wildman–Crippen MR) is 57.2 cm³/mol. The second-order valence-electron chi connectivity index (χ2n) is 3.54. The first-order valence-corrected chi connectivity index (χ1v) is 4.72. The van der Waals surface area contributed by atoms with E-state index in [1.807, 2.05) is 19.9 Å². The number of rotatable bonds is 2. The lowest BCUT2D eigenvalue weighted by atomic mass is 10.3. The van der Waals surface area contributed by atoms with Crippen molar-refractivity contribution in [2.24, 2.45) is 0 Å². The van der Waals surface area contributed by atoms with Gasteiger partial charge in [-0.3, -0.25) is 4.68 Å². The number of aryl methyl sites for hydroxylation is 2. The lowest BCUT2D eigenvalue weighted by Crippen LogP contribution is -2.06. The Balaban J connectivity index is 2.24. The van der Waals surface area contributed by atoms with E-state index in [9.17, 15) is 0 Å². The highest BCUT2D eigenvalue weighted by atomic mass is 15.3. The molecular formula is C10H13N5. The molecule has 0 amide bonds.